The van der Waals surface area contributed by atoms with E-state index >= 15 is 0 Å². The first-order valence-corrected chi connectivity index (χ1v) is 9.16. The quantitative estimate of drug-likeness (QED) is 0.435. The molecule has 0 spiro atoms. The normalized spacial score (nSPS) is 22.5. The smallest absolute Gasteiger partial charge is 0.323 e. The monoisotopic (exact) mass is 322 g/mol. The summed E-state index contributed by atoms with van der Waals surface area (Å²) in [6.45, 7) is 9.87. The maximum absolute atomic E-state index is 12.9. The van der Waals surface area contributed by atoms with Gasteiger partial charge in [-0.2, -0.15) is 0 Å². The Balaban J connectivity index is 2.67. The summed E-state index contributed by atoms with van der Waals surface area (Å²) in [6, 6.07) is -0.0843. The number of amides is 3. The molecule has 4 heteroatoms. The van der Waals surface area contributed by atoms with Crippen LogP contribution in [0.3, 0.4) is 0 Å². The van der Waals surface area contributed by atoms with Crippen LogP contribution < -0.4 is 0 Å². The summed E-state index contributed by atoms with van der Waals surface area (Å²) in [5, 5.41) is 0. The Labute approximate surface area is 141 Å². The molecule has 0 radical (unpaired) electrons. The van der Waals surface area contributed by atoms with Crippen molar-refractivity contribution >= 4 is 11.9 Å². The minimum absolute atomic E-state index is 0.0104. The molecule has 0 aromatic rings. The van der Waals surface area contributed by atoms with E-state index in [0.29, 0.717) is 0 Å². The van der Waals surface area contributed by atoms with Crippen molar-refractivity contribution in [2.75, 3.05) is 7.05 Å². The van der Waals surface area contributed by atoms with Crippen LogP contribution in [0.15, 0.2) is 12.7 Å². The van der Waals surface area contributed by atoms with Crippen molar-refractivity contribution in [3.05, 3.63) is 12.7 Å². The number of rotatable bonds is 10. The molecule has 3 amide bonds. The van der Waals surface area contributed by atoms with Gasteiger partial charge >= 0.3 is 6.03 Å². The van der Waals surface area contributed by atoms with Crippen LogP contribution in [0.4, 0.5) is 4.79 Å². The summed E-state index contributed by atoms with van der Waals surface area (Å²) >= 11 is 0. The number of carbonyl (C=O) groups is 2. The Morgan fingerprint density at radius 2 is 1.83 bits per heavy atom. The predicted octanol–water partition coefficient (Wildman–Crippen LogP) is 4.60. The summed E-state index contributed by atoms with van der Waals surface area (Å²) in [7, 11) is 1.78. The number of unbranched alkanes of at least 4 members (excludes halogenated alkanes) is 4. The van der Waals surface area contributed by atoms with Gasteiger partial charge in [-0.25, -0.2) is 4.79 Å². The first-order chi connectivity index (χ1) is 11.0. The van der Waals surface area contributed by atoms with Gasteiger partial charge in [0.15, 0.2) is 0 Å². The van der Waals surface area contributed by atoms with Gasteiger partial charge in [0.1, 0.15) is 0 Å². The third kappa shape index (κ3) is 5.08. The van der Waals surface area contributed by atoms with Crippen LogP contribution in [0.25, 0.3) is 0 Å². The minimum Gasteiger partial charge on any atom is -0.323 e. The second-order valence-corrected chi connectivity index (χ2v) is 6.85. The second kappa shape index (κ2) is 9.74. The third-order valence-electron chi connectivity index (χ3n) is 5.18. The number of allylic oxidation sites excluding steroid dienone is 1. The molecule has 0 unspecified atom stereocenters. The van der Waals surface area contributed by atoms with Gasteiger partial charge in [-0.3, -0.25) is 9.69 Å². The first-order valence-electron chi connectivity index (χ1n) is 9.16. The number of nitrogens with zero attached hydrogens (tertiary/aromatic N) is 2. The maximum Gasteiger partial charge on any atom is 0.327 e. The number of hydrogen-bond acceptors (Lipinski definition) is 2. The summed E-state index contributed by atoms with van der Waals surface area (Å²) in [5.41, 5.74) is 0. The lowest BCUT2D eigenvalue weighted by Gasteiger charge is -2.25. The molecule has 132 valence electrons. The molecule has 1 saturated heterocycles. The number of imide groups is 1. The average Bonchev–Trinajstić information content (AvgIpc) is 2.73. The van der Waals surface area contributed by atoms with Crippen molar-refractivity contribution in [3.8, 4) is 0 Å². The number of hydrogen-bond donors (Lipinski definition) is 0. The summed E-state index contributed by atoms with van der Waals surface area (Å²) in [4.78, 5) is 28.5. The molecule has 0 aromatic carbocycles. The Kier molecular flexibility index (Phi) is 8.35. The van der Waals surface area contributed by atoms with Gasteiger partial charge in [-0.15, -0.1) is 6.58 Å². The van der Waals surface area contributed by atoms with E-state index < -0.39 is 0 Å². The Morgan fingerprint density at radius 1 is 1.17 bits per heavy atom. The van der Waals surface area contributed by atoms with E-state index in [1.54, 1.807) is 11.9 Å². The number of carbonyl (C=O) groups excluding carboxylic acids is 2. The van der Waals surface area contributed by atoms with Gasteiger partial charge in [0.05, 0.1) is 12.1 Å². The zero-order chi connectivity index (χ0) is 17.4. The molecule has 1 aliphatic rings. The molecule has 4 nitrogen and oxygen atoms in total. The van der Waals surface area contributed by atoms with Crippen LogP contribution >= 0.6 is 0 Å². The molecule has 1 aliphatic heterocycles. The minimum atomic E-state index is -0.136. The van der Waals surface area contributed by atoms with Crippen molar-refractivity contribution in [1.29, 1.82) is 0 Å². The highest BCUT2D eigenvalue weighted by molar-refractivity contribution is 5.97. The fourth-order valence-electron chi connectivity index (χ4n) is 3.25. The van der Waals surface area contributed by atoms with Gasteiger partial charge in [0.2, 0.25) is 5.91 Å². The largest absolute Gasteiger partial charge is 0.327 e. The average molecular weight is 322 g/mol. The van der Waals surface area contributed by atoms with E-state index in [4.69, 9.17) is 0 Å². The predicted molar refractivity (Wildman–Crippen MR) is 95.2 cm³/mol. The number of likely N-dealkylation sites (N-methyl/N-ethyl adjacent to an activating group) is 1. The molecule has 0 aliphatic carbocycles. The molecule has 0 saturated carbocycles. The van der Waals surface area contributed by atoms with Gasteiger partial charge in [-0.1, -0.05) is 38.7 Å². The molecule has 3 atom stereocenters. The topological polar surface area (TPSA) is 40.6 Å². The highest BCUT2D eigenvalue weighted by Crippen LogP contribution is 2.27. The Bertz CT molecular complexity index is 408. The lowest BCUT2D eigenvalue weighted by Crippen LogP contribution is -2.42. The van der Waals surface area contributed by atoms with Crippen LogP contribution in [0.5, 0.6) is 0 Å². The number of urea groups is 1. The van der Waals surface area contributed by atoms with Crippen LogP contribution in [-0.4, -0.2) is 40.9 Å². The fraction of sp³-hybridized carbons (Fsp3) is 0.789. The van der Waals surface area contributed by atoms with Crippen molar-refractivity contribution < 1.29 is 9.59 Å². The van der Waals surface area contributed by atoms with E-state index in [1.165, 1.54) is 4.90 Å². The molecule has 0 bridgehead atoms. The highest BCUT2D eigenvalue weighted by Gasteiger charge is 2.43. The van der Waals surface area contributed by atoms with Crippen molar-refractivity contribution in [1.82, 2.24) is 9.80 Å². The van der Waals surface area contributed by atoms with Gasteiger partial charge in [0, 0.05) is 13.0 Å². The van der Waals surface area contributed by atoms with Crippen molar-refractivity contribution in [2.24, 2.45) is 5.92 Å². The fourth-order valence-corrected chi connectivity index (χ4v) is 3.25. The Hall–Kier alpha value is -1.32. The van der Waals surface area contributed by atoms with Crippen molar-refractivity contribution in [2.45, 2.75) is 84.2 Å². The molecular weight excluding hydrogens is 288 g/mol. The lowest BCUT2D eigenvalue weighted by atomic mass is 9.93. The van der Waals surface area contributed by atoms with E-state index in [2.05, 4.69) is 13.5 Å². The SMILES string of the molecule is C=CCCCCC[C@H](CCCC)C(=O)N1C(=O)N(C)[C@@H](C)[C@H]1C. The second-order valence-electron chi connectivity index (χ2n) is 6.85. The van der Waals surface area contributed by atoms with E-state index in [0.717, 1.165) is 51.4 Å². The van der Waals surface area contributed by atoms with Gasteiger partial charge in [-0.05, 0) is 39.5 Å². The molecule has 0 aromatic heterocycles. The molecule has 1 rings (SSSR count). The summed E-state index contributed by atoms with van der Waals surface area (Å²) in [5.74, 6) is 0.0275. The molecule has 1 heterocycles. The van der Waals surface area contributed by atoms with E-state index in [9.17, 15) is 9.59 Å². The molecule has 1 fully saturated rings. The van der Waals surface area contributed by atoms with Crippen LogP contribution in [0.1, 0.15) is 72.1 Å². The van der Waals surface area contributed by atoms with E-state index in [-0.39, 0.29) is 29.9 Å². The maximum atomic E-state index is 12.9. The summed E-state index contributed by atoms with van der Waals surface area (Å²) < 4.78 is 0. The van der Waals surface area contributed by atoms with Crippen molar-refractivity contribution in [3.63, 3.8) is 0 Å². The van der Waals surface area contributed by atoms with Crippen LogP contribution in [0, 0.1) is 5.92 Å². The van der Waals surface area contributed by atoms with Crippen LogP contribution in [-0.2, 0) is 4.79 Å². The third-order valence-corrected chi connectivity index (χ3v) is 5.18. The first kappa shape index (κ1) is 19.7. The molecule has 23 heavy (non-hydrogen) atoms. The standard InChI is InChI=1S/C19H34N2O2/c1-6-8-10-11-12-14-17(13-9-7-2)18(22)21-16(4)15(3)20(5)19(21)23/h6,15-17H,1,7-14H2,2-5H3/t15-,16+,17-/m0/s1. The lowest BCUT2D eigenvalue weighted by molar-refractivity contribution is -0.133. The highest BCUT2D eigenvalue weighted by atomic mass is 16.2. The summed E-state index contributed by atoms with van der Waals surface area (Å²) in [6.07, 6.45) is 10.2. The van der Waals surface area contributed by atoms with E-state index in [1.807, 2.05) is 19.9 Å². The van der Waals surface area contributed by atoms with Gasteiger partial charge < -0.3 is 4.90 Å². The zero-order valence-corrected chi connectivity index (χ0v) is 15.4. The van der Waals surface area contributed by atoms with Crippen LogP contribution in [0.2, 0.25) is 0 Å². The molecular formula is C19H34N2O2. The Morgan fingerprint density at radius 3 is 2.35 bits per heavy atom. The molecule has 0 N–H and O–H groups in total. The van der Waals surface area contributed by atoms with Gasteiger partial charge in [0.25, 0.3) is 0 Å². The zero-order valence-electron chi connectivity index (χ0n) is 15.4.